The lowest BCUT2D eigenvalue weighted by Crippen LogP contribution is -2.25. The summed E-state index contributed by atoms with van der Waals surface area (Å²) in [6, 6.07) is 4.07. The second kappa shape index (κ2) is 5.35. The fraction of sp³-hybridized carbons (Fsp3) is 0.462. The van der Waals surface area contributed by atoms with Gasteiger partial charge in [0.2, 0.25) is 0 Å². The van der Waals surface area contributed by atoms with Crippen LogP contribution in [-0.4, -0.2) is 18.5 Å². The Morgan fingerprint density at radius 2 is 2.47 bits per heavy atom. The monoisotopic (exact) mass is 248 g/mol. The molecule has 0 aromatic carbocycles. The molecule has 1 saturated carbocycles. The van der Waals surface area contributed by atoms with E-state index in [0.717, 1.165) is 22.6 Å². The van der Waals surface area contributed by atoms with Crippen LogP contribution < -0.4 is 11.1 Å². The summed E-state index contributed by atoms with van der Waals surface area (Å²) in [5, 5.41) is 3.04. The molecular weight excluding hydrogens is 232 g/mol. The Morgan fingerprint density at radius 1 is 1.65 bits per heavy atom. The predicted octanol–water partition coefficient (Wildman–Crippen LogP) is 1.59. The van der Waals surface area contributed by atoms with Gasteiger partial charge in [0.25, 0.3) is 5.91 Å². The van der Waals surface area contributed by atoms with Crippen molar-refractivity contribution < 1.29 is 4.79 Å². The summed E-state index contributed by atoms with van der Waals surface area (Å²) < 4.78 is 0. The van der Waals surface area contributed by atoms with E-state index in [-0.39, 0.29) is 5.91 Å². The fourth-order valence-corrected chi connectivity index (χ4v) is 2.56. The highest BCUT2D eigenvalue weighted by molar-refractivity contribution is 7.14. The molecule has 1 aliphatic rings. The van der Waals surface area contributed by atoms with Gasteiger partial charge in [-0.05, 0) is 24.5 Å². The van der Waals surface area contributed by atoms with Crippen LogP contribution in [0.5, 0.6) is 0 Å². The van der Waals surface area contributed by atoms with Crippen LogP contribution in [0.4, 0.5) is 0 Å². The minimum Gasteiger partial charge on any atom is -0.348 e. The Bertz CT molecular complexity index is 469. The molecule has 1 aliphatic carbocycles. The molecule has 0 spiro atoms. The molecule has 90 valence electrons. The second-order valence-corrected chi connectivity index (χ2v) is 5.24. The lowest BCUT2D eigenvalue weighted by molar-refractivity contribution is 0.0953. The molecule has 1 heterocycles. The average molecular weight is 248 g/mol. The van der Waals surface area contributed by atoms with Crippen molar-refractivity contribution in [2.24, 2.45) is 11.7 Å². The molecule has 2 unspecified atom stereocenters. The van der Waals surface area contributed by atoms with Gasteiger partial charge in [-0.25, -0.2) is 0 Å². The lowest BCUT2D eigenvalue weighted by atomic mass is 10.3. The fourth-order valence-electron chi connectivity index (χ4n) is 1.78. The van der Waals surface area contributed by atoms with Gasteiger partial charge in [0.15, 0.2) is 0 Å². The molecule has 0 aliphatic heterocycles. The second-order valence-electron chi connectivity index (χ2n) is 4.15. The normalized spacial score (nSPS) is 21.5. The van der Waals surface area contributed by atoms with Gasteiger partial charge in [-0.2, -0.15) is 0 Å². The van der Waals surface area contributed by atoms with Gasteiger partial charge in [-0.15, -0.1) is 11.3 Å². The van der Waals surface area contributed by atoms with Crippen LogP contribution in [0.15, 0.2) is 12.1 Å². The number of amides is 1. The third-order valence-electron chi connectivity index (χ3n) is 2.91. The molecule has 2 atom stereocenters. The molecule has 1 aromatic heterocycles. The average Bonchev–Trinajstić information content (AvgIpc) is 2.90. The van der Waals surface area contributed by atoms with Crippen molar-refractivity contribution in [3.05, 3.63) is 21.9 Å². The molecule has 1 fully saturated rings. The van der Waals surface area contributed by atoms with E-state index in [4.69, 9.17) is 5.73 Å². The highest BCUT2D eigenvalue weighted by atomic mass is 32.1. The Morgan fingerprint density at radius 3 is 3.12 bits per heavy atom. The quantitative estimate of drug-likeness (QED) is 0.798. The maximum Gasteiger partial charge on any atom is 0.261 e. The van der Waals surface area contributed by atoms with Gasteiger partial charge in [0, 0.05) is 6.04 Å². The Kier molecular flexibility index (Phi) is 3.82. The molecule has 1 aromatic rings. The van der Waals surface area contributed by atoms with Gasteiger partial charge in [0.1, 0.15) is 0 Å². The zero-order valence-corrected chi connectivity index (χ0v) is 10.6. The van der Waals surface area contributed by atoms with E-state index in [2.05, 4.69) is 24.1 Å². The van der Waals surface area contributed by atoms with Crippen molar-refractivity contribution in [1.82, 2.24) is 5.32 Å². The van der Waals surface area contributed by atoms with E-state index >= 15 is 0 Å². The molecule has 17 heavy (non-hydrogen) atoms. The first kappa shape index (κ1) is 12.2. The number of carbonyl (C=O) groups is 1. The van der Waals surface area contributed by atoms with Crippen LogP contribution >= 0.6 is 11.3 Å². The third-order valence-corrected chi connectivity index (χ3v) is 3.91. The largest absolute Gasteiger partial charge is 0.348 e. The van der Waals surface area contributed by atoms with Crippen LogP contribution in [0, 0.1) is 17.8 Å². The van der Waals surface area contributed by atoms with Crippen molar-refractivity contribution >= 4 is 17.2 Å². The maximum absolute atomic E-state index is 11.9. The van der Waals surface area contributed by atoms with Gasteiger partial charge in [0.05, 0.1) is 16.3 Å². The summed E-state index contributed by atoms with van der Waals surface area (Å²) in [5.41, 5.74) is 5.30. The molecule has 1 amide bonds. The van der Waals surface area contributed by atoms with Gasteiger partial charge >= 0.3 is 0 Å². The van der Waals surface area contributed by atoms with Crippen LogP contribution in [0.1, 0.15) is 34.3 Å². The minimum absolute atomic E-state index is 0.0248. The van der Waals surface area contributed by atoms with Crippen LogP contribution in [0.3, 0.4) is 0 Å². The molecule has 4 heteroatoms. The number of rotatable bonds is 3. The van der Waals surface area contributed by atoms with E-state index in [0.29, 0.717) is 18.5 Å². The molecular formula is C13H16N2OS. The summed E-state index contributed by atoms with van der Waals surface area (Å²) in [6.45, 7) is 2.50. The molecule has 2 rings (SSSR count). The Balaban J connectivity index is 1.93. The Labute approximate surface area is 105 Å². The van der Waals surface area contributed by atoms with E-state index in [1.165, 1.54) is 11.3 Å². The maximum atomic E-state index is 11.9. The van der Waals surface area contributed by atoms with Crippen LogP contribution in [0.25, 0.3) is 0 Å². The Hall–Kier alpha value is -1.31. The number of hydrogen-bond acceptors (Lipinski definition) is 3. The highest BCUT2D eigenvalue weighted by Crippen LogP contribution is 2.33. The first-order valence-corrected chi connectivity index (χ1v) is 6.66. The number of carbonyl (C=O) groups excluding carboxylic acids is 1. The summed E-state index contributed by atoms with van der Waals surface area (Å²) >= 11 is 1.42. The smallest absolute Gasteiger partial charge is 0.261 e. The zero-order valence-electron chi connectivity index (χ0n) is 9.82. The molecule has 3 nitrogen and oxygen atoms in total. The van der Waals surface area contributed by atoms with Crippen LogP contribution in [-0.2, 0) is 0 Å². The van der Waals surface area contributed by atoms with Gasteiger partial charge in [-0.1, -0.05) is 25.2 Å². The molecule has 0 saturated heterocycles. The van der Waals surface area contributed by atoms with E-state index < -0.39 is 0 Å². The van der Waals surface area contributed by atoms with Gasteiger partial charge < -0.3 is 11.1 Å². The SMILES string of the molecule is CCC1CC1NC(=O)c1ccc(C#CCN)s1. The van der Waals surface area contributed by atoms with Gasteiger partial charge in [-0.3, -0.25) is 4.79 Å². The third kappa shape index (κ3) is 3.09. The van der Waals surface area contributed by atoms with Crippen molar-refractivity contribution in [2.45, 2.75) is 25.8 Å². The topological polar surface area (TPSA) is 55.1 Å². The van der Waals surface area contributed by atoms with Crippen molar-refractivity contribution in [3.8, 4) is 11.8 Å². The lowest BCUT2D eigenvalue weighted by Gasteiger charge is -2.00. The van der Waals surface area contributed by atoms with E-state index in [1.807, 2.05) is 12.1 Å². The number of nitrogens with two attached hydrogens (primary N) is 1. The van der Waals surface area contributed by atoms with E-state index in [9.17, 15) is 4.79 Å². The summed E-state index contributed by atoms with van der Waals surface area (Å²) in [6.07, 6.45) is 2.26. The standard InChI is InChI=1S/C13H16N2OS/c1-2-9-8-11(9)15-13(16)12-6-5-10(17-12)4-3-7-14/h5-6,9,11H,2,7-8,14H2,1H3,(H,15,16). The van der Waals surface area contributed by atoms with Crippen molar-refractivity contribution in [2.75, 3.05) is 6.54 Å². The predicted molar refractivity (Wildman–Crippen MR) is 69.9 cm³/mol. The molecule has 3 N–H and O–H groups in total. The summed E-state index contributed by atoms with van der Waals surface area (Å²) in [7, 11) is 0. The molecule has 0 radical (unpaired) electrons. The summed E-state index contributed by atoms with van der Waals surface area (Å²) in [4.78, 5) is 13.5. The van der Waals surface area contributed by atoms with E-state index in [1.54, 1.807) is 0 Å². The summed E-state index contributed by atoms with van der Waals surface area (Å²) in [5.74, 6) is 6.42. The van der Waals surface area contributed by atoms with Crippen LogP contribution in [0.2, 0.25) is 0 Å². The first-order chi connectivity index (χ1) is 8.24. The first-order valence-electron chi connectivity index (χ1n) is 5.84. The number of nitrogens with one attached hydrogen (secondary N) is 1. The number of hydrogen-bond donors (Lipinski definition) is 2. The highest BCUT2D eigenvalue weighted by Gasteiger charge is 2.36. The van der Waals surface area contributed by atoms with Crippen molar-refractivity contribution in [3.63, 3.8) is 0 Å². The minimum atomic E-state index is 0.0248. The molecule has 0 bridgehead atoms. The zero-order chi connectivity index (χ0) is 12.3. The van der Waals surface area contributed by atoms with Crippen molar-refractivity contribution in [1.29, 1.82) is 0 Å². The number of thiophene rings is 1.